The zero-order chi connectivity index (χ0) is 11.5. The Hall–Kier alpha value is -1.89. The van der Waals surface area contributed by atoms with E-state index in [0.29, 0.717) is 11.1 Å². The Morgan fingerprint density at radius 3 is 2.67 bits per heavy atom. The van der Waals surface area contributed by atoms with Gasteiger partial charge in [0, 0.05) is 17.9 Å². The molecule has 0 radical (unpaired) electrons. The minimum atomic E-state index is -0.292. The average molecular weight is 203 g/mol. The molecule has 0 spiro atoms. The number of aromatic nitrogens is 1. The number of pyridine rings is 1. The van der Waals surface area contributed by atoms with Crippen LogP contribution in [0.5, 0.6) is 0 Å². The Labute approximate surface area is 88.9 Å². The Morgan fingerprint density at radius 2 is 2.13 bits per heavy atom. The van der Waals surface area contributed by atoms with E-state index in [1.165, 1.54) is 18.5 Å². The molecule has 0 saturated heterocycles. The summed E-state index contributed by atoms with van der Waals surface area (Å²) in [4.78, 5) is 15.5. The van der Waals surface area contributed by atoms with Crippen LogP contribution in [0.2, 0.25) is 0 Å². The van der Waals surface area contributed by atoms with Crippen LogP contribution in [0.4, 0.5) is 0 Å². The van der Waals surface area contributed by atoms with Crippen LogP contribution in [0.1, 0.15) is 36.7 Å². The summed E-state index contributed by atoms with van der Waals surface area (Å²) in [6, 6.07) is 3.46. The first kappa shape index (κ1) is 11.2. The van der Waals surface area contributed by atoms with E-state index in [1.807, 2.05) is 26.8 Å². The Balaban J connectivity index is 2.88. The first-order valence-electron chi connectivity index (χ1n) is 4.60. The van der Waals surface area contributed by atoms with Crippen molar-refractivity contribution in [2.45, 2.75) is 26.3 Å². The van der Waals surface area contributed by atoms with Gasteiger partial charge in [-0.2, -0.15) is 5.26 Å². The molecule has 1 rings (SSSR count). The molecular weight excluding hydrogens is 190 g/mol. The largest absolute Gasteiger partial charge is 0.347 e. The number of carbonyl (C=O) groups is 1. The van der Waals surface area contributed by atoms with Crippen LogP contribution in [0.25, 0.3) is 0 Å². The van der Waals surface area contributed by atoms with Crippen molar-refractivity contribution in [2.24, 2.45) is 0 Å². The standard InChI is InChI=1S/C11H13N3O/c1-11(2,3)14-10(15)9-4-8(5-12)6-13-7-9/h4,6-7H,1-3H3,(H,14,15). The van der Waals surface area contributed by atoms with Gasteiger partial charge in [0.15, 0.2) is 0 Å². The lowest BCUT2D eigenvalue weighted by atomic mass is 10.1. The minimum absolute atomic E-state index is 0.216. The highest BCUT2D eigenvalue weighted by Crippen LogP contribution is 2.05. The van der Waals surface area contributed by atoms with Gasteiger partial charge in [0.25, 0.3) is 5.91 Å². The van der Waals surface area contributed by atoms with Gasteiger partial charge >= 0.3 is 0 Å². The molecule has 1 amide bonds. The van der Waals surface area contributed by atoms with Gasteiger partial charge < -0.3 is 5.32 Å². The van der Waals surface area contributed by atoms with E-state index < -0.39 is 0 Å². The molecule has 0 aromatic carbocycles. The van der Waals surface area contributed by atoms with Crippen molar-refractivity contribution in [3.8, 4) is 6.07 Å². The van der Waals surface area contributed by atoms with Crippen LogP contribution >= 0.6 is 0 Å². The van der Waals surface area contributed by atoms with E-state index in [1.54, 1.807) is 0 Å². The summed E-state index contributed by atoms with van der Waals surface area (Å²) >= 11 is 0. The van der Waals surface area contributed by atoms with E-state index in [-0.39, 0.29) is 11.4 Å². The molecule has 78 valence electrons. The van der Waals surface area contributed by atoms with Gasteiger partial charge in [-0.05, 0) is 26.8 Å². The third-order valence-electron chi connectivity index (χ3n) is 1.62. The number of nitriles is 1. The smallest absolute Gasteiger partial charge is 0.253 e. The molecule has 1 aromatic heterocycles. The number of amides is 1. The quantitative estimate of drug-likeness (QED) is 0.751. The monoisotopic (exact) mass is 203 g/mol. The molecule has 0 fully saturated rings. The summed E-state index contributed by atoms with van der Waals surface area (Å²) in [5.74, 6) is -0.216. The molecule has 1 heterocycles. The van der Waals surface area contributed by atoms with Gasteiger partial charge in [-0.25, -0.2) is 0 Å². The van der Waals surface area contributed by atoms with E-state index in [2.05, 4.69) is 10.3 Å². The van der Waals surface area contributed by atoms with Crippen LogP contribution in [0.15, 0.2) is 18.5 Å². The van der Waals surface area contributed by atoms with Gasteiger partial charge in [-0.1, -0.05) is 0 Å². The highest BCUT2D eigenvalue weighted by Gasteiger charge is 2.15. The van der Waals surface area contributed by atoms with Crippen molar-refractivity contribution in [3.63, 3.8) is 0 Å². The Morgan fingerprint density at radius 1 is 1.47 bits per heavy atom. The Kier molecular flexibility index (Phi) is 3.05. The molecular formula is C11H13N3O. The number of nitrogens with one attached hydrogen (secondary N) is 1. The molecule has 0 unspecified atom stereocenters. The molecule has 4 nitrogen and oxygen atoms in total. The lowest BCUT2D eigenvalue weighted by Gasteiger charge is -2.20. The molecule has 0 atom stereocenters. The maximum absolute atomic E-state index is 11.7. The lowest BCUT2D eigenvalue weighted by Crippen LogP contribution is -2.40. The fourth-order valence-corrected chi connectivity index (χ4v) is 1.04. The maximum atomic E-state index is 11.7. The highest BCUT2D eigenvalue weighted by atomic mass is 16.1. The zero-order valence-electron chi connectivity index (χ0n) is 9.03. The van der Waals surface area contributed by atoms with Crippen molar-refractivity contribution in [2.75, 3.05) is 0 Å². The molecule has 0 bridgehead atoms. The van der Waals surface area contributed by atoms with Crippen molar-refractivity contribution >= 4 is 5.91 Å². The number of hydrogen-bond donors (Lipinski definition) is 1. The number of carbonyl (C=O) groups excluding carboxylic acids is 1. The van der Waals surface area contributed by atoms with Gasteiger partial charge in [0.05, 0.1) is 11.1 Å². The maximum Gasteiger partial charge on any atom is 0.253 e. The SMILES string of the molecule is CC(C)(C)NC(=O)c1cncc(C#N)c1. The first-order valence-corrected chi connectivity index (χ1v) is 4.60. The van der Waals surface area contributed by atoms with Crippen LogP contribution in [0.3, 0.4) is 0 Å². The van der Waals surface area contributed by atoms with Crippen molar-refractivity contribution in [1.29, 1.82) is 5.26 Å². The molecule has 15 heavy (non-hydrogen) atoms. The number of hydrogen-bond acceptors (Lipinski definition) is 3. The highest BCUT2D eigenvalue weighted by molar-refractivity contribution is 5.94. The molecule has 0 aliphatic carbocycles. The van der Waals surface area contributed by atoms with E-state index >= 15 is 0 Å². The van der Waals surface area contributed by atoms with E-state index in [4.69, 9.17) is 5.26 Å². The van der Waals surface area contributed by atoms with E-state index in [9.17, 15) is 4.79 Å². The van der Waals surface area contributed by atoms with Gasteiger partial charge in [0.2, 0.25) is 0 Å². The zero-order valence-corrected chi connectivity index (χ0v) is 9.03. The van der Waals surface area contributed by atoms with E-state index in [0.717, 1.165) is 0 Å². The minimum Gasteiger partial charge on any atom is -0.347 e. The predicted octanol–water partition coefficient (Wildman–Crippen LogP) is 1.48. The average Bonchev–Trinajstić information content (AvgIpc) is 2.15. The molecule has 0 aliphatic rings. The third-order valence-corrected chi connectivity index (χ3v) is 1.62. The molecule has 1 aromatic rings. The first-order chi connectivity index (χ1) is 6.92. The molecule has 0 saturated carbocycles. The summed E-state index contributed by atoms with van der Waals surface area (Å²) in [6.45, 7) is 5.69. The van der Waals surface area contributed by atoms with Crippen molar-refractivity contribution < 1.29 is 4.79 Å². The third kappa shape index (κ3) is 3.39. The second kappa shape index (κ2) is 4.09. The fraction of sp³-hybridized carbons (Fsp3) is 0.364. The summed E-state index contributed by atoms with van der Waals surface area (Å²) in [7, 11) is 0. The molecule has 4 heteroatoms. The molecule has 1 N–H and O–H groups in total. The topological polar surface area (TPSA) is 65.8 Å². The summed E-state index contributed by atoms with van der Waals surface area (Å²) in [5.41, 5.74) is 0.500. The second-order valence-corrected chi connectivity index (χ2v) is 4.28. The van der Waals surface area contributed by atoms with Gasteiger partial charge in [-0.15, -0.1) is 0 Å². The summed E-state index contributed by atoms with van der Waals surface area (Å²) in [5, 5.41) is 11.5. The fourth-order valence-electron chi connectivity index (χ4n) is 1.04. The molecule has 0 aliphatic heterocycles. The van der Waals surface area contributed by atoms with Crippen molar-refractivity contribution in [1.82, 2.24) is 10.3 Å². The summed E-state index contributed by atoms with van der Waals surface area (Å²) < 4.78 is 0. The van der Waals surface area contributed by atoms with Crippen molar-refractivity contribution in [3.05, 3.63) is 29.6 Å². The normalized spacial score (nSPS) is 10.5. The van der Waals surface area contributed by atoms with Crippen LogP contribution in [-0.2, 0) is 0 Å². The van der Waals surface area contributed by atoms with Crippen LogP contribution in [-0.4, -0.2) is 16.4 Å². The van der Waals surface area contributed by atoms with Gasteiger partial charge in [-0.3, -0.25) is 9.78 Å². The van der Waals surface area contributed by atoms with Crippen LogP contribution in [0, 0.1) is 11.3 Å². The second-order valence-electron chi connectivity index (χ2n) is 4.28. The van der Waals surface area contributed by atoms with Gasteiger partial charge in [0.1, 0.15) is 6.07 Å². The Bertz CT molecular complexity index is 413. The predicted molar refractivity (Wildman–Crippen MR) is 56.2 cm³/mol. The summed E-state index contributed by atoms with van der Waals surface area (Å²) in [6.07, 6.45) is 2.87. The number of nitrogens with zero attached hydrogens (tertiary/aromatic N) is 2. The number of rotatable bonds is 1. The van der Waals surface area contributed by atoms with Crippen LogP contribution < -0.4 is 5.32 Å². The lowest BCUT2D eigenvalue weighted by molar-refractivity contribution is 0.0919.